The van der Waals surface area contributed by atoms with Crippen molar-refractivity contribution < 1.29 is 45.6 Å². The molecule has 10 aromatic rings. The van der Waals surface area contributed by atoms with E-state index in [1.807, 2.05) is 55.5 Å². The highest BCUT2D eigenvalue weighted by molar-refractivity contribution is 6.32. The number of aryl methyl sites for hydroxylation is 5. The number of rotatable bonds is 8. The third kappa shape index (κ3) is 13.5. The van der Waals surface area contributed by atoms with Gasteiger partial charge in [-0.05, 0) is 120 Å². The van der Waals surface area contributed by atoms with Gasteiger partial charge in [0.15, 0.2) is 40.7 Å². The van der Waals surface area contributed by atoms with E-state index < -0.39 is 5.82 Å². The summed E-state index contributed by atoms with van der Waals surface area (Å²) >= 11 is 12.0. The average molecular weight is 1020 g/mol. The van der Waals surface area contributed by atoms with Gasteiger partial charge in [0.1, 0.15) is 17.3 Å². The number of methoxy groups -OCH3 is 3. The molecule has 0 saturated carbocycles. The summed E-state index contributed by atoms with van der Waals surface area (Å²) in [6, 6.07) is 27.8. The lowest BCUT2D eigenvalue weighted by Gasteiger charge is -2.05. The molecule has 0 spiro atoms. The maximum Gasteiger partial charge on any atom is 0.261 e. The Morgan fingerprint density at radius 1 is 0.361 bits per heavy atom. The van der Waals surface area contributed by atoms with Crippen LogP contribution < -0.4 is 14.2 Å². The van der Waals surface area contributed by atoms with Gasteiger partial charge >= 0.3 is 0 Å². The first-order valence-corrected chi connectivity index (χ1v) is 22.2. The second-order valence-electron chi connectivity index (χ2n) is 14.9. The smallest absolute Gasteiger partial charge is 0.261 e. The first kappa shape index (κ1) is 53.0. The molecule has 0 aliphatic heterocycles. The van der Waals surface area contributed by atoms with Crippen LogP contribution in [0.15, 0.2) is 120 Å². The van der Waals surface area contributed by atoms with Crippen LogP contribution in [0.25, 0.3) is 57.3 Å². The number of ether oxygens (including phenoxy) is 3. The van der Waals surface area contributed by atoms with Crippen LogP contribution in [-0.2, 0) is 0 Å². The summed E-state index contributed by atoms with van der Waals surface area (Å²) in [4.78, 5) is 20.4. The van der Waals surface area contributed by atoms with E-state index in [9.17, 15) is 8.78 Å². The highest BCUT2D eigenvalue weighted by atomic mass is 35.5. The molecule has 18 nitrogen and oxygen atoms in total. The number of halogens is 4. The third-order valence-electron chi connectivity index (χ3n) is 9.77. The largest absolute Gasteiger partial charge is 0.496 e. The van der Waals surface area contributed by atoms with Crippen molar-refractivity contribution in [3.8, 4) is 74.5 Å². The maximum absolute atomic E-state index is 13.3. The molecule has 0 atom stereocenters. The van der Waals surface area contributed by atoms with Crippen LogP contribution in [0, 0.1) is 60.1 Å². The Balaban J connectivity index is 0.000000147. The molecule has 0 N–H and O–H groups in total. The Bertz CT molecular complexity index is 3180. The second-order valence-corrected chi connectivity index (χ2v) is 15.7. The number of nitrogens with zero attached hydrogens (tertiary/aromatic N) is 10. The molecule has 72 heavy (non-hydrogen) atoms. The predicted octanol–water partition coefficient (Wildman–Crippen LogP) is 12.5. The van der Waals surface area contributed by atoms with Crippen molar-refractivity contribution in [3.63, 3.8) is 0 Å². The van der Waals surface area contributed by atoms with Gasteiger partial charge in [0.25, 0.3) is 29.5 Å². The first-order chi connectivity index (χ1) is 34.6. The monoisotopic (exact) mass is 1020 g/mol. The fraction of sp³-hybridized carbons (Fsp3) is 0.200. The van der Waals surface area contributed by atoms with Crippen LogP contribution in [0.4, 0.5) is 8.78 Å². The Morgan fingerprint density at radius 3 is 1.14 bits per heavy atom. The van der Waals surface area contributed by atoms with Crippen LogP contribution >= 0.6 is 23.2 Å². The topological polar surface area (TPSA) is 222 Å². The van der Waals surface area contributed by atoms with E-state index in [0.29, 0.717) is 90.7 Å². The van der Waals surface area contributed by atoms with E-state index in [1.54, 1.807) is 92.2 Å². The van der Waals surface area contributed by atoms with Crippen LogP contribution in [0.3, 0.4) is 0 Å². The second kappa shape index (κ2) is 25.0. The molecular weight excluding hydrogens is 978 g/mol. The number of benzene rings is 5. The van der Waals surface area contributed by atoms with Crippen molar-refractivity contribution >= 4 is 23.2 Å². The Hall–Kier alpha value is -8.36. The first-order valence-electron chi connectivity index (χ1n) is 21.4. The molecular formula is C50H46Cl2F2N10O8. The van der Waals surface area contributed by atoms with Gasteiger partial charge in [-0.3, -0.25) is 0 Å². The van der Waals surface area contributed by atoms with Gasteiger partial charge in [-0.1, -0.05) is 85.4 Å². The molecule has 0 radical (unpaired) electrons. The molecule has 5 aromatic heterocycles. The van der Waals surface area contributed by atoms with Crippen molar-refractivity contribution in [2.45, 2.75) is 48.5 Å². The van der Waals surface area contributed by atoms with Gasteiger partial charge in [-0.25, -0.2) is 8.78 Å². The zero-order chi connectivity index (χ0) is 51.9. The summed E-state index contributed by atoms with van der Waals surface area (Å²) in [6.07, 6.45) is 0. The van der Waals surface area contributed by atoms with Gasteiger partial charge < -0.3 is 36.8 Å². The standard InChI is InChI=1S/C10H9ClN2O2.C10H9ClN2O.C10H9FN2O2.C10H9FN2O.C10H10N2O2/c1-6-12-10(15-13-6)7-4-3-5-8(11)9(7)14-2;1-6-8(4-3-5-9(6)11)10-12-7(2)13-14-10;1-6-12-10(15-13-6)7-4-3-5-8(11)9(7)14-2;1-6-8(4-3-5-9(6)11)10-12-7(2)13-14-10;1-7-11-10(14-12-7)8-5-3-4-6-9(8)13-2/h3-5H,1-2H3;3-5H,1-2H3;3-5H,1-2H3;3-5H,1-2H3;3-6H,1-2H3. The molecule has 372 valence electrons. The molecule has 0 bridgehead atoms. The zero-order valence-electron chi connectivity index (χ0n) is 40.5. The highest BCUT2D eigenvalue weighted by Crippen LogP contribution is 2.35. The fourth-order valence-corrected chi connectivity index (χ4v) is 6.73. The molecule has 0 unspecified atom stereocenters. The minimum Gasteiger partial charge on any atom is -0.496 e. The van der Waals surface area contributed by atoms with E-state index in [2.05, 4.69) is 50.7 Å². The lowest BCUT2D eigenvalue weighted by Crippen LogP contribution is -1.91. The summed E-state index contributed by atoms with van der Waals surface area (Å²) in [5.74, 6) is 5.55. The molecule has 5 heterocycles. The number of para-hydroxylation sites is 3. The zero-order valence-corrected chi connectivity index (χ0v) is 42.0. The van der Waals surface area contributed by atoms with Crippen molar-refractivity contribution in [1.29, 1.82) is 0 Å². The summed E-state index contributed by atoms with van der Waals surface area (Å²) < 4.78 is 66.9. The van der Waals surface area contributed by atoms with Gasteiger partial charge in [-0.15, -0.1) is 0 Å². The molecule has 0 amide bonds. The van der Waals surface area contributed by atoms with Crippen molar-refractivity contribution in [2.24, 2.45) is 0 Å². The Labute approximate surface area is 421 Å². The summed E-state index contributed by atoms with van der Waals surface area (Å²) in [5, 5.41) is 19.7. The summed E-state index contributed by atoms with van der Waals surface area (Å²) in [5.41, 5.74) is 4.98. The highest BCUT2D eigenvalue weighted by Gasteiger charge is 2.17. The van der Waals surface area contributed by atoms with Gasteiger partial charge in [0, 0.05) is 16.1 Å². The molecule has 0 aliphatic rings. The Kier molecular flexibility index (Phi) is 18.4. The normalized spacial score (nSPS) is 10.4. The quantitative estimate of drug-likeness (QED) is 0.138. The van der Waals surface area contributed by atoms with Crippen molar-refractivity contribution in [2.75, 3.05) is 21.3 Å². The Morgan fingerprint density at radius 2 is 0.708 bits per heavy atom. The predicted molar refractivity (Wildman–Crippen MR) is 261 cm³/mol. The van der Waals surface area contributed by atoms with E-state index in [4.69, 9.17) is 60.0 Å². The van der Waals surface area contributed by atoms with Crippen LogP contribution in [0.5, 0.6) is 17.2 Å². The van der Waals surface area contributed by atoms with Gasteiger partial charge in [0.2, 0.25) is 0 Å². The van der Waals surface area contributed by atoms with E-state index >= 15 is 0 Å². The number of hydrogen-bond donors (Lipinski definition) is 0. The SMILES string of the molecule is COc1c(Cl)cccc1-c1nc(C)no1.COc1c(F)cccc1-c1nc(C)no1.COc1ccccc1-c1nc(C)no1.Cc1noc(-c2cccc(Cl)c2C)n1.Cc1noc(-c2cccc(F)c2C)n1. The van der Waals surface area contributed by atoms with Gasteiger partial charge in [0.05, 0.1) is 43.0 Å². The lowest BCUT2D eigenvalue weighted by molar-refractivity contribution is 0.381. The minimum absolute atomic E-state index is 0.112. The molecule has 22 heteroatoms. The van der Waals surface area contributed by atoms with Crippen LogP contribution in [-0.4, -0.2) is 72.0 Å². The van der Waals surface area contributed by atoms with E-state index in [1.165, 1.54) is 19.2 Å². The van der Waals surface area contributed by atoms with Gasteiger partial charge in [-0.2, -0.15) is 24.9 Å². The van der Waals surface area contributed by atoms with Crippen molar-refractivity contribution in [3.05, 3.63) is 159 Å². The molecule has 5 aromatic carbocycles. The fourth-order valence-electron chi connectivity index (χ4n) is 6.30. The molecule has 0 saturated heterocycles. The summed E-state index contributed by atoms with van der Waals surface area (Å²) in [6.45, 7) is 12.3. The summed E-state index contributed by atoms with van der Waals surface area (Å²) in [7, 11) is 4.56. The maximum atomic E-state index is 13.3. The number of hydrogen-bond acceptors (Lipinski definition) is 18. The molecule has 10 rings (SSSR count). The lowest BCUT2D eigenvalue weighted by atomic mass is 10.1. The molecule has 0 aliphatic carbocycles. The third-order valence-corrected chi connectivity index (χ3v) is 10.5. The van der Waals surface area contributed by atoms with E-state index in [0.717, 1.165) is 22.4 Å². The van der Waals surface area contributed by atoms with Crippen LogP contribution in [0.1, 0.15) is 40.2 Å². The van der Waals surface area contributed by atoms with Crippen molar-refractivity contribution in [1.82, 2.24) is 50.7 Å². The minimum atomic E-state index is -0.453. The average Bonchev–Trinajstić information content (AvgIpc) is 4.26. The van der Waals surface area contributed by atoms with Crippen LogP contribution in [0.2, 0.25) is 10.0 Å². The number of aromatic nitrogens is 10. The van der Waals surface area contributed by atoms with E-state index in [-0.39, 0.29) is 17.5 Å². The molecule has 0 fully saturated rings.